The highest BCUT2D eigenvalue weighted by atomic mass is 79.9. The molecule has 0 spiro atoms. The normalized spacial score (nSPS) is 10.4. The zero-order chi connectivity index (χ0) is 14.5. The van der Waals surface area contributed by atoms with Crippen LogP contribution in [0.3, 0.4) is 0 Å². The van der Waals surface area contributed by atoms with Crippen molar-refractivity contribution in [3.05, 3.63) is 39.7 Å². The molecule has 0 saturated carbocycles. The van der Waals surface area contributed by atoms with E-state index < -0.39 is 5.82 Å². The third kappa shape index (κ3) is 3.58. The highest BCUT2D eigenvalue weighted by Crippen LogP contribution is 2.32. The molecule has 1 heterocycles. The molecule has 106 valence electrons. The Balaban J connectivity index is 2.26. The number of rotatable bonds is 5. The molecule has 0 unspecified atom stereocenters. The molecule has 2 N–H and O–H groups in total. The van der Waals surface area contributed by atoms with Crippen molar-refractivity contribution < 1.29 is 4.39 Å². The smallest absolute Gasteiger partial charge is 0.224 e. The van der Waals surface area contributed by atoms with Gasteiger partial charge in [-0.2, -0.15) is 4.98 Å². The van der Waals surface area contributed by atoms with Crippen LogP contribution < -0.4 is 10.6 Å². The van der Waals surface area contributed by atoms with Gasteiger partial charge in [-0.3, -0.25) is 0 Å². The van der Waals surface area contributed by atoms with Gasteiger partial charge in [0.15, 0.2) is 11.6 Å². The SMILES string of the molecule is CCCNc1ncc(F)c(Nc2cccc(Cl)c2Br)n1. The van der Waals surface area contributed by atoms with Gasteiger partial charge in [0.25, 0.3) is 0 Å². The molecule has 0 amide bonds. The molecule has 1 aromatic carbocycles. The Hall–Kier alpha value is -1.40. The summed E-state index contributed by atoms with van der Waals surface area (Å²) < 4.78 is 14.4. The molecule has 2 rings (SSSR count). The summed E-state index contributed by atoms with van der Waals surface area (Å²) in [5.41, 5.74) is 0.636. The van der Waals surface area contributed by atoms with Crippen molar-refractivity contribution in [2.45, 2.75) is 13.3 Å². The topological polar surface area (TPSA) is 49.8 Å². The lowest BCUT2D eigenvalue weighted by Gasteiger charge is -2.11. The fourth-order valence-corrected chi connectivity index (χ4v) is 2.04. The maximum Gasteiger partial charge on any atom is 0.224 e. The van der Waals surface area contributed by atoms with E-state index in [0.717, 1.165) is 19.2 Å². The monoisotopic (exact) mass is 358 g/mol. The molecule has 0 bridgehead atoms. The number of hydrogen-bond donors (Lipinski definition) is 2. The van der Waals surface area contributed by atoms with Crippen molar-refractivity contribution in [3.8, 4) is 0 Å². The first-order valence-corrected chi connectivity index (χ1v) is 7.26. The maximum absolute atomic E-state index is 13.7. The summed E-state index contributed by atoms with van der Waals surface area (Å²) in [5.74, 6) is -0.0469. The van der Waals surface area contributed by atoms with Gasteiger partial charge in [-0.05, 0) is 34.5 Å². The number of nitrogens with one attached hydrogen (secondary N) is 2. The van der Waals surface area contributed by atoms with E-state index in [-0.39, 0.29) is 5.82 Å². The molecule has 0 aliphatic rings. The van der Waals surface area contributed by atoms with Crippen molar-refractivity contribution >= 4 is 45.0 Å². The molecule has 0 aliphatic carbocycles. The lowest BCUT2D eigenvalue weighted by atomic mass is 10.3. The number of benzene rings is 1. The van der Waals surface area contributed by atoms with Crippen LogP contribution in [0, 0.1) is 5.82 Å². The lowest BCUT2D eigenvalue weighted by Crippen LogP contribution is -2.07. The van der Waals surface area contributed by atoms with Crippen LogP contribution in [-0.2, 0) is 0 Å². The van der Waals surface area contributed by atoms with Gasteiger partial charge < -0.3 is 10.6 Å². The predicted octanol–water partition coefficient (Wildman–Crippen LogP) is 4.60. The minimum absolute atomic E-state index is 0.0987. The molecule has 0 aliphatic heterocycles. The van der Waals surface area contributed by atoms with Crippen LogP contribution in [0.15, 0.2) is 28.9 Å². The molecule has 0 fully saturated rings. The summed E-state index contributed by atoms with van der Waals surface area (Å²) in [6.45, 7) is 2.75. The number of aromatic nitrogens is 2. The Labute approximate surface area is 129 Å². The van der Waals surface area contributed by atoms with E-state index in [4.69, 9.17) is 11.6 Å². The van der Waals surface area contributed by atoms with Crippen LogP contribution in [0.1, 0.15) is 13.3 Å². The van der Waals surface area contributed by atoms with Gasteiger partial charge in [0.2, 0.25) is 5.95 Å². The average molecular weight is 360 g/mol. The van der Waals surface area contributed by atoms with Crippen LogP contribution in [-0.4, -0.2) is 16.5 Å². The van der Waals surface area contributed by atoms with Crippen LogP contribution in [0.25, 0.3) is 0 Å². The Morgan fingerprint density at radius 3 is 2.95 bits per heavy atom. The van der Waals surface area contributed by atoms with Crippen LogP contribution in [0.4, 0.5) is 21.8 Å². The first-order chi connectivity index (χ1) is 9.61. The van der Waals surface area contributed by atoms with Gasteiger partial charge in [0.1, 0.15) is 0 Å². The second kappa shape index (κ2) is 6.85. The zero-order valence-corrected chi connectivity index (χ0v) is 13.1. The lowest BCUT2D eigenvalue weighted by molar-refractivity contribution is 0.619. The maximum atomic E-state index is 13.7. The average Bonchev–Trinajstić information content (AvgIpc) is 2.44. The van der Waals surface area contributed by atoms with E-state index in [0.29, 0.717) is 21.1 Å². The summed E-state index contributed by atoms with van der Waals surface area (Å²) >= 11 is 9.34. The van der Waals surface area contributed by atoms with E-state index in [9.17, 15) is 4.39 Å². The second-order valence-corrected chi connectivity index (χ2v) is 5.24. The number of anilines is 3. The van der Waals surface area contributed by atoms with Crippen molar-refractivity contribution in [2.24, 2.45) is 0 Å². The Kier molecular flexibility index (Phi) is 5.14. The highest BCUT2D eigenvalue weighted by molar-refractivity contribution is 9.10. The molecule has 20 heavy (non-hydrogen) atoms. The molecule has 4 nitrogen and oxygen atoms in total. The largest absolute Gasteiger partial charge is 0.354 e. The Morgan fingerprint density at radius 1 is 1.40 bits per heavy atom. The van der Waals surface area contributed by atoms with Crippen LogP contribution >= 0.6 is 27.5 Å². The highest BCUT2D eigenvalue weighted by Gasteiger charge is 2.10. The van der Waals surface area contributed by atoms with Crippen molar-refractivity contribution in [3.63, 3.8) is 0 Å². The van der Waals surface area contributed by atoms with E-state index in [1.54, 1.807) is 18.2 Å². The molecule has 0 atom stereocenters. The number of halogens is 3. The molecule has 0 radical (unpaired) electrons. The quantitative estimate of drug-likeness (QED) is 0.819. The minimum Gasteiger partial charge on any atom is -0.354 e. The van der Waals surface area contributed by atoms with Crippen LogP contribution in [0.2, 0.25) is 5.02 Å². The molecular weight excluding hydrogens is 347 g/mol. The summed E-state index contributed by atoms with van der Waals surface area (Å²) in [4.78, 5) is 7.99. The van der Waals surface area contributed by atoms with Gasteiger partial charge >= 0.3 is 0 Å². The summed E-state index contributed by atoms with van der Waals surface area (Å²) in [5, 5.41) is 6.44. The molecule has 2 aromatic rings. The van der Waals surface area contributed by atoms with Gasteiger partial charge in [-0.1, -0.05) is 24.6 Å². The zero-order valence-electron chi connectivity index (χ0n) is 10.8. The third-order valence-electron chi connectivity index (χ3n) is 2.48. The Morgan fingerprint density at radius 2 is 2.20 bits per heavy atom. The molecular formula is C13H13BrClFN4. The fraction of sp³-hybridized carbons (Fsp3) is 0.231. The first-order valence-electron chi connectivity index (χ1n) is 6.09. The first kappa shape index (κ1) is 15.0. The van der Waals surface area contributed by atoms with Crippen molar-refractivity contribution in [1.29, 1.82) is 0 Å². The van der Waals surface area contributed by atoms with E-state index in [1.165, 1.54) is 0 Å². The van der Waals surface area contributed by atoms with Crippen molar-refractivity contribution in [1.82, 2.24) is 9.97 Å². The van der Waals surface area contributed by atoms with Crippen molar-refractivity contribution in [2.75, 3.05) is 17.2 Å². The van der Waals surface area contributed by atoms with Crippen LogP contribution in [0.5, 0.6) is 0 Å². The molecule has 0 saturated heterocycles. The molecule has 7 heteroatoms. The number of hydrogen-bond acceptors (Lipinski definition) is 4. The fourth-order valence-electron chi connectivity index (χ4n) is 1.50. The van der Waals surface area contributed by atoms with Gasteiger partial charge in [-0.15, -0.1) is 0 Å². The number of nitrogens with zero attached hydrogens (tertiary/aromatic N) is 2. The second-order valence-electron chi connectivity index (χ2n) is 4.04. The van der Waals surface area contributed by atoms with E-state index in [1.807, 2.05) is 6.92 Å². The standard InChI is InChI=1S/C13H13BrClFN4/c1-2-6-17-13-18-7-9(16)12(20-13)19-10-5-3-4-8(15)11(10)14/h3-5,7H,2,6H2,1H3,(H2,17,18,19,20). The summed E-state index contributed by atoms with van der Waals surface area (Å²) in [6, 6.07) is 5.28. The van der Waals surface area contributed by atoms with Gasteiger partial charge in [-0.25, -0.2) is 9.37 Å². The summed E-state index contributed by atoms with van der Waals surface area (Å²) in [6.07, 6.45) is 2.06. The predicted molar refractivity (Wildman–Crippen MR) is 83.2 cm³/mol. The van der Waals surface area contributed by atoms with Gasteiger partial charge in [0, 0.05) is 6.54 Å². The van der Waals surface area contributed by atoms with E-state index in [2.05, 4.69) is 36.5 Å². The van der Waals surface area contributed by atoms with E-state index >= 15 is 0 Å². The van der Waals surface area contributed by atoms with Gasteiger partial charge in [0.05, 0.1) is 21.4 Å². The third-order valence-corrected chi connectivity index (χ3v) is 3.88. The Bertz CT molecular complexity index is 609. The summed E-state index contributed by atoms with van der Waals surface area (Å²) in [7, 11) is 0. The minimum atomic E-state index is -0.529. The molecule has 1 aromatic heterocycles.